The first-order valence-electron chi connectivity index (χ1n) is 5.77. The minimum absolute atomic E-state index is 0.00245. The Balaban J connectivity index is 2.28. The van der Waals surface area contributed by atoms with E-state index in [-0.39, 0.29) is 30.4 Å². The number of carbonyl (C=O) groups excluding carboxylic acids is 2. The van der Waals surface area contributed by atoms with Crippen LogP contribution in [0.25, 0.3) is 0 Å². The monoisotopic (exact) mass is 252 g/mol. The van der Waals surface area contributed by atoms with E-state index in [1.165, 1.54) is 0 Å². The van der Waals surface area contributed by atoms with Gasteiger partial charge in [0.1, 0.15) is 6.04 Å². The van der Waals surface area contributed by atoms with Gasteiger partial charge in [-0.15, -0.1) is 11.3 Å². The van der Waals surface area contributed by atoms with Gasteiger partial charge in [0, 0.05) is 4.88 Å². The van der Waals surface area contributed by atoms with Crippen LogP contribution in [0.15, 0.2) is 17.5 Å². The first kappa shape index (κ1) is 12.1. The highest BCUT2D eigenvalue weighted by Crippen LogP contribution is 2.30. The van der Waals surface area contributed by atoms with Crippen LogP contribution in [-0.4, -0.2) is 29.3 Å². The molecule has 2 atom stereocenters. The van der Waals surface area contributed by atoms with E-state index < -0.39 is 0 Å². The minimum atomic E-state index is -0.386. The van der Waals surface area contributed by atoms with Crippen LogP contribution in [0.4, 0.5) is 0 Å². The van der Waals surface area contributed by atoms with E-state index in [0.29, 0.717) is 0 Å². The summed E-state index contributed by atoms with van der Waals surface area (Å²) in [5, 5.41) is 4.61. The molecule has 0 aliphatic carbocycles. The maximum absolute atomic E-state index is 12.0. The van der Waals surface area contributed by atoms with Crippen molar-refractivity contribution in [3.63, 3.8) is 0 Å². The molecule has 1 N–H and O–H groups in total. The van der Waals surface area contributed by atoms with Crippen molar-refractivity contribution >= 4 is 23.2 Å². The van der Waals surface area contributed by atoms with E-state index in [4.69, 9.17) is 0 Å². The predicted octanol–water partition coefficient (Wildman–Crippen LogP) is 1.55. The van der Waals surface area contributed by atoms with E-state index >= 15 is 0 Å². The summed E-state index contributed by atoms with van der Waals surface area (Å²) in [6.07, 6.45) is 0.823. The quantitative estimate of drug-likeness (QED) is 0.887. The topological polar surface area (TPSA) is 49.4 Å². The summed E-state index contributed by atoms with van der Waals surface area (Å²) in [5.74, 6) is -0.0723. The molecule has 92 valence electrons. The van der Waals surface area contributed by atoms with Gasteiger partial charge >= 0.3 is 0 Å². The molecule has 2 amide bonds. The molecule has 0 aromatic carbocycles. The van der Waals surface area contributed by atoms with Crippen LogP contribution in [-0.2, 0) is 9.59 Å². The van der Waals surface area contributed by atoms with E-state index in [1.807, 2.05) is 24.4 Å². The van der Waals surface area contributed by atoms with Crippen molar-refractivity contribution in [3.8, 4) is 0 Å². The molecule has 2 heterocycles. The second kappa shape index (κ2) is 4.87. The van der Waals surface area contributed by atoms with Gasteiger partial charge in [0.05, 0.1) is 12.6 Å². The Labute approximate surface area is 105 Å². The van der Waals surface area contributed by atoms with E-state index in [0.717, 1.165) is 11.3 Å². The lowest BCUT2D eigenvalue weighted by molar-refractivity contribution is -0.147. The van der Waals surface area contributed by atoms with Gasteiger partial charge in [-0.3, -0.25) is 9.59 Å². The SMILES string of the molecule is CCC(c1cccs1)N1C(=O)CNC(=O)C1C. The van der Waals surface area contributed by atoms with Crippen LogP contribution >= 0.6 is 11.3 Å². The molecular formula is C12H16N2O2S. The Kier molecular flexibility index (Phi) is 3.47. The highest BCUT2D eigenvalue weighted by Gasteiger charge is 2.36. The summed E-state index contributed by atoms with van der Waals surface area (Å²) in [6, 6.07) is 3.62. The van der Waals surface area contributed by atoms with E-state index in [2.05, 4.69) is 5.32 Å². The number of hydrogen-bond donors (Lipinski definition) is 1. The lowest BCUT2D eigenvalue weighted by Gasteiger charge is -2.38. The Bertz CT molecular complexity index is 416. The molecule has 2 rings (SSSR count). The molecule has 1 aromatic heterocycles. The molecular weight excluding hydrogens is 236 g/mol. The minimum Gasteiger partial charge on any atom is -0.345 e. The largest absolute Gasteiger partial charge is 0.345 e. The van der Waals surface area contributed by atoms with Crippen molar-refractivity contribution in [2.24, 2.45) is 0 Å². The van der Waals surface area contributed by atoms with Crippen molar-refractivity contribution in [1.29, 1.82) is 0 Å². The van der Waals surface area contributed by atoms with Crippen LogP contribution in [0.1, 0.15) is 31.2 Å². The van der Waals surface area contributed by atoms with Gasteiger partial charge in [-0.05, 0) is 24.8 Å². The fourth-order valence-corrected chi connectivity index (χ4v) is 3.11. The first-order chi connectivity index (χ1) is 8.15. The molecule has 1 aromatic rings. The van der Waals surface area contributed by atoms with Crippen molar-refractivity contribution in [2.45, 2.75) is 32.4 Å². The normalized spacial score (nSPS) is 22.5. The number of amides is 2. The second-order valence-electron chi connectivity index (χ2n) is 4.13. The predicted molar refractivity (Wildman–Crippen MR) is 66.7 cm³/mol. The maximum Gasteiger partial charge on any atom is 0.243 e. The number of thiophene rings is 1. The zero-order valence-electron chi connectivity index (χ0n) is 9.97. The molecule has 1 fully saturated rings. The lowest BCUT2D eigenvalue weighted by Crippen LogP contribution is -2.57. The van der Waals surface area contributed by atoms with Crippen LogP contribution in [0, 0.1) is 0 Å². The van der Waals surface area contributed by atoms with Crippen molar-refractivity contribution < 1.29 is 9.59 Å². The molecule has 0 saturated carbocycles. The summed E-state index contributed by atoms with van der Waals surface area (Å²) in [5.41, 5.74) is 0. The molecule has 2 unspecified atom stereocenters. The average Bonchev–Trinajstić information content (AvgIpc) is 2.83. The fourth-order valence-electron chi connectivity index (χ4n) is 2.20. The summed E-state index contributed by atoms with van der Waals surface area (Å²) in [6.45, 7) is 3.94. The third-order valence-electron chi connectivity index (χ3n) is 3.09. The van der Waals surface area contributed by atoms with Crippen LogP contribution in [0.5, 0.6) is 0 Å². The fraction of sp³-hybridized carbons (Fsp3) is 0.500. The van der Waals surface area contributed by atoms with Gasteiger partial charge in [0.15, 0.2) is 0 Å². The summed E-state index contributed by atoms with van der Waals surface area (Å²) in [7, 11) is 0. The zero-order chi connectivity index (χ0) is 12.4. The second-order valence-corrected chi connectivity index (χ2v) is 5.11. The number of piperazine rings is 1. The molecule has 1 saturated heterocycles. The highest BCUT2D eigenvalue weighted by atomic mass is 32.1. The Morgan fingerprint density at radius 2 is 2.35 bits per heavy atom. The molecule has 1 aliphatic rings. The molecule has 1 aliphatic heterocycles. The number of nitrogens with zero attached hydrogens (tertiary/aromatic N) is 1. The summed E-state index contributed by atoms with van der Waals surface area (Å²) >= 11 is 1.63. The Morgan fingerprint density at radius 1 is 1.59 bits per heavy atom. The standard InChI is InChI=1S/C12H16N2O2S/c1-3-9(10-5-4-6-17-10)14-8(2)12(16)13-7-11(14)15/h4-6,8-9H,3,7H2,1-2H3,(H,13,16). The van der Waals surface area contributed by atoms with Gasteiger partial charge in [-0.1, -0.05) is 13.0 Å². The summed E-state index contributed by atoms with van der Waals surface area (Å²) < 4.78 is 0. The van der Waals surface area contributed by atoms with Gasteiger partial charge in [0.2, 0.25) is 11.8 Å². The zero-order valence-corrected chi connectivity index (χ0v) is 10.8. The third kappa shape index (κ3) is 2.20. The van der Waals surface area contributed by atoms with Gasteiger partial charge in [0.25, 0.3) is 0 Å². The van der Waals surface area contributed by atoms with Crippen LogP contribution in [0.2, 0.25) is 0 Å². The molecule has 0 bridgehead atoms. The maximum atomic E-state index is 12.0. The van der Waals surface area contributed by atoms with E-state index in [9.17, 15) is 9.59 Å². The van der Waals surface area contributed by atoms with Crippen LogP contribution < -0.4 is 5.32 Å². The Hall–Kier alpha value is -1.36. The van der Waals surface area contributed by atoms with Gasteiger partial charge in [-0.2, -0.15) is 0 Å². The highest BCUT2D eigenvalue weighted by molar-refractivity contribution is 7.10. The van der Waals surface area contributed by atoms with Gasteiger partial charge < -0.3 is 10.2 Å². The third-order valence-corrected chi connectivity index (χ3v) is 4.07. The number of rotatable bonds is 3. The molecule has 4 nitrogen and oxygen atoms in total. The van der Waals surface area contributed by atoms with Crippen molar-refractivity contribution in [1.82, 2.24) is 10.2 Å². The molecule has 0 spiro atoms. The number of hydrogen-bond acceptors (Lipinski definition) is 3. The Morgan fingerprint density at radius 3 is 2.94 bits per heavy atom. The van der Waals surface area contributed by atoms with Crippen LogP contribution in [0.3, 0.4) is 0 Å². The number of nitrogens with one attached hydrogen (secondary N) is 1. The summed E-state index contributed by atoms with van der Waals surface area (Å²) in [4.78, 5) is 26.5. The van der Waals surface area contributed by atoms with Crippen molar-refractivity contribution in [3.05, 3.63) is 22.4 Å². The van der Waals surface area contributed by atoms with Crippen molar-refractivity contribution in [2.75, 3.05) is 6.54 Å². The first-order valence-corrected chi connectivity index (χ1v) is 6.65. The molecule has 17 heavy (non-hydrogen) atoms. The van der Waals surface area contributed by atoms with Gasteiger partial charge in [-0.25, -0.2) is 0 Å². The number of carbonyl (C=O) groups is 2. The van der Waals surface area contributed by atoms with E-state index in [1.54, 1.807) is 23.2 Å². The lowest BCUT2D eigenvalue weighted by atomic mass is 10.1. The smallest absolute Gasteiger partial charge is 0.243 e. The molecule has 0 radical (unpaired) electrons. The molecule has 5 heteroatoms. The average molecular weight is 252 g/mol.